The predicted octanol–water partition coefficient (Wildman–Crippen LogP) is 5.26. The van der Waals surface area contributed by atoms with Gasteiger partial charge in [-0.3, -0.25) is 33.6 Å². The number of carboxylic acids is 1. The minimum Gasteiger partial charge on any atom is -0.508 e. The number of para-hydroxylation sites is 1. The zero-order valence-corrected chi connectivity index (χ0v) is 69.5. The van der Waals surface area contributed by atoms with Crippen molar-refractivity contribution >= 4 is 87.1 Å². The van der Waals surface area contributed by atoms with Gasteiger partial charge in [-0.05, 0) is 149 Å². The lowest BCUT2D eigenvalue weighted by Gasteiger charge is -2.48. The first kappa shape index (κ1) is 90.2. The number of phenols is 3. The number of aliphatic carboxylic acids is 1. The van der Waals surface area contributed by atoms with Gasteiger partial charge in [0.05, 0.1) is 52.5 Å². The van der Waals surface area contributed by atoms with Crippen LogP contribution in [-0.2, 0) is 52.6 Å². The number of aromatic hydroxyl groups is 3. The molecular formula is C87H97Cl2N11O24. The van der Waals surface area contributed by atoms with Crippen molar-refractivity contribution in [1.82, 2.24) is 47.5 Å². The van der Waals surface area contributed by atoms with E-state index in [1.165, 1.54) is 19.2 Å². The summed E-state index contributed by atoms with van der Waals surface area (Å²) >= 11 is 14.4. The van der Waals surface area contributed by atoms with E-state index in [1.54, 1.807) is 13.8 Å². The Balaban J connectivity index is 0.930. The number of aliphatic hydroxyl groups excluding tert-OH is 6. The number of phenolic OH excluding ortho intramolecular Hbond substituents is 3. The van der Waals surface area contributed by atoms with Crippen LogP contribution in [0.15, 0.2) is 140 Å². The van der Waals surface area contributed by atoms with E-state index in [0.717, 1.165) is 94.6 Å². The average molecular weight is 1750 g/mol. The number of fused-ring (bicyclic) bond motifs is 16. The Morgan fingerprint density at radius 1 is 0.702 bits per heavy atom. The van der Waals surface area contributed by atoms with E-state index in [1.807, 2.05) is 68.4 Å². The third-order valence-corrected chi connectivity index (χ3v) is 23.2. The molecule has 0 radical (unpaired) electrons. The lowest BCUT2D eigenvalue weighted by Crippen LogP contribution is -2.65. The minimum absolute atomic E-state index is 0.108. The predicted molar refractivity (Wildman–Crippen MR) is 447 cm³/mol. The summed E-state index contributed by atoms with van der Waals surface area (Å²) in [6.45, 7) is 9.80. The number of amides is 7. The van der Waals surface area contributed by atoms with Gasteiger partial charge in [0.15, 0.2) is 29.9 Å². The number of aromatic nitrogens is 1. The molecule has 0 aliphatic carbocycles. The van der Waals surface area contributed by atoms with Crippen LogP contribution >= 0.6 is 23.2 Å². The molecule has 0 unspecified atom stereocenters. The second-order valence-corrected chi connectivity index (χ2v) is 32.6. The lowest BCUT2D eigenvalue weighted by atomic mass is 9.85. The zero-order chi connectivity index (χ0) is 89.0. The second kappa shape index (κ2) is 38.3. The molecule has 7 aromatic carbocycles. The molecule has 2 saturated heterocycles. The minimum atomic E-state index is -2.36. The van der Waals surface area contributed by atoms with Gasteiger partial charge in [0.25, 0.3) is 0 Å². The second-order valence-electron chi connectivity index (χ2n) is 31.7. The van der Waals surface area contributed by atoms with Gasteiger partial charge in [0.1, 0.15) is 89.5 Å². The van der Waals surface area contributed by atoms with Crippen molar-refractivity contribution in [2.75, 3.05) is 38.2 Å². The number of nitrogens with zero attached hydrogens (tertiary/aromatic N) is 2. The van der Waals surface area contributed by atoms with Gasteiger partial charge in [-0.25, -0.2) is 9.78 Å². The van der Waals surface area contributed by atoms with E-state index < -0.39 is 237 Å². The van der Waals surface area contributed by atoms with Crippen molar-refractivity contribution in [2.45, 2.75) is 176 Å². The van der Waals surface area contributed by atoms with Crippen LogP contribution in [0.4, 0.5) is 5.69 Å². The smallest absolute Gasteiger partial charge is 0.330 e. The summed E-state index contributed by atoms with van der Waals surface area (Å²) in [5.74, 6) is -16.0. The number of halogens is 2. The first-order chi connectivity index (χ1) is 59.1. The summed E-state index contributed by atoms with van der Waals surface area (Å²) in [7, 11) is 1.48. The van der Waals surface area contributed by atoms with Crippen molar-refractivity contribution in [3.63, 3.8) is 0 Å². The Labute approximate surface area is 720 Å². The fourth-order valence-electron chi connectivity index (χ4n) is 16.1. The van der Waals surface area contributed by atoms with Crippen LogP contribution in [0.25, 0.3) is 33.3 Å². The van der Waals surface area contributed by atoms with Crippen molar-refractivity contribution in [3.05, 3.63) is 177 Å². The summed E-state index contributed by atoms with van der Waals surface area (Å²) in [5, 5.41) is 138. The molecule has 8 aromatic rings. The van der Waals surface area contributed by atoms with Crippen LogP contribution in [0.2, 0.25) is 10.0 Å². The van der Waals surface area contributed by atoms with E-state index in [4.69, 9.17) is 62.3 Å². The highest BCUT2D eigenvalue weighted by Crippen LogP contribution is 2.50. The maximum absolute atomic E-state index is 16.3. The van der Waals surface area contributed by atoms with E-state index in [-0.39, 0.29) is 46.2 Å². The summed E-state index contributed by atoms with van der Waals surface area (Å²) in [6.07, 6.45) is -17.2. The van der Waals surface area contributed by atoms with Gasteiger partial charge in [-0.2, -0.15) is 0 Å². The van der Waals surface area contributed by atoms with E-state index in [9.17, 15) is 65.4 Å². The number of hydrogen-bond acceptors (Lipinski definition) is 27. The molecule has 7 amide bonds. The number of carbonyl (C=O) groups excluding carboxylic acids is 7. The van der Waals surface area contributed by atoms with Crippen LogP contribution < -0.4 is 67.4 Å². The number of carbonyl (C=O) groups is 8. The van der Waals surface area contributed by atoms with Crippen LogP contribution in [-0.4, -0.2) is 216 Å². The Hall–Kier alpha value is -11.6. The number of ether oxygens (including phenoxy) is 6. The first-order valence-electron chi connectivity index (χ1n) is 40.3. The number of unbranched alkanes of at least 4 members (excludes halogenated alkanes) is 1. The number of primary amides is 1. The van der Waals surface area contributed by atoms with E-state index in [2.05, 4.69) is 60.4 Å². The molecule has 37 heteroatoms. The van der Waals surface area contributed by atoms with Crippen molar-refractivity contribution in [2.24, 2.45) is 11.7 Å². The number of anilines is 1. The molecule has 7 aliphatic heterocycles. The van der Waals surface area contributed by atoms with Gasteiger partial charge >= 0.3 is 5.97 Å². The summed E-state index contributed by atoms with van der Waals surface area (Å²) in [4.78, 5) is 126. The van der Waals surface area contributed by atoms with Gasteiger partial charge in [0.2, 0.25) is 53.4 Å². The molecular weight excluding hydrogens is 1650 g/mol. The van der Waals surface area contributed by atoms with Crippen molar-refractivity contribution in [3.8, 4) is 68.4 Å². The third-order valence-electron chi connectivity index (χ3n) is 22.6. The molecule has 7 aliphatic rings. The number of benzene rings is 7. The molecule has 0 spiro atoms. The van der Waals surface area contributed by atoms with Crippen LogP contribution in [0.3, 0.4) is 0 Å². The standard InChI is InChI=1S/C87H97Cl2N11O24/c1-7-100(56-35-53(41-15-9-8-10-16-41)93-52-18-12-11-17-47(52)56)26-14-13-25-92-87(5)37-65(119-40(4)78(87)110)123-77-75(109)74(108)63(38-101)122-86(77)124-76-61-31-45-32-62(76)121-60-24-21-44(30-51(60)89)73(107)71-84(116)97-69(85(117)118)49-33-46(102)34-58(104)66(49)48-28-42(19-22-57(48)103)67(81(113)99-71)96-82(114)68(45)95-80(112)55(36-64(90)105)94-83(115)70(98-79(111)54(91-6)27-39(2)3)72(106)43-20-23-59(120-61)50(88)29-43/h8-12,15-24,28-35,39-40,54-55,63,65,67-75,77-78,86,91-92,101-104,106-110H,7,13-14,25-27,36-38H2,1-6H3,(H2,90,105)(H,94,115)(H,95,112)(H,96,114)(H,97,116)(H,98,111)(H,99,113)(H,117,118)/t40-,54+,55-,63+,65-,67+,68+,69-,70+,71-,72+,73+,74+,75-,77+,78+,86-,87-/m0/s1. The molecule has 35 nitrogen and oxygen atoms in total. The monoisotopic (exact) mass is 1750 g/mol. The number of nitrogens with two attached hydrogens (primary N) is 1. The summed E-state index contributed by atoms with van der Waals surface area (Å²) < 4.78 is 39.8. The maximum Gasteiger partial charge on any atom is 0.330 e. The Kier molecular flexibility index (Phi) is 27.8. The van der Waals surface area contributed by atoms with Gasteiger partial charge in [-0.1, -0.05) is 104 Å². The molecule has 11 bridgehead atoms. The summed E-state index contributed by atoms with van der Waals surface area (Å²) in [5.41, 5.74) is 5.41. The molecule has 1 aromatic heterocycles. The number of aliphatic hydroxyl groups is 6. The fraction of sp³-hybridized carbons (Fsp3) is 0.391. The van der Waals surface area contributed by atoms with Gasteiger partial charge in [0, 0.05) is 64.4 Å². The Morgan fingerprint density at radius 2 is 1.35 bits per heavy atom. The number of likely N-dealkylation sites (N-methyl/N-ethyl adjacent to an activating group) is 1. The molecule has 20 N–H and O–H groups in total. The largest absolute Gasteiger partial charge is 0.508 e. The van der Waals surface area contributed by atoms with Crippen molar-refractivity contribution in [1.29, 1.82) is 0 Å². The number of hydrogen-bond donors (Lipinski definition) is 19. The third kappa shape index (κ3) is 19.5. The molecule has 8 heterocycles. The molecule has 658 valence electrons. The molecule has 0 saturated carbocycles. The van der Waals surface area contributed by atoms with Crippen LogP contribution in [0.1, 0.15) is 125 Å². The normalized spacial score (nSPS) is 26.1. The lowest BCUT2D eigenvalue weighted by molar-refractivity contribution is -0.334. The van der Waals surface area contributed by atoms with Crippen LogP contribution in [0, 0.1) is 5.92 Å². The Bertz CT molecular complexity index is 5370. The van der Waals surface area contributed by atoms with Crippen LogP contribution in [0.5, 0.6) is 46.0 Å². The fourth-order valence-corrected chi connectivity index (χ4v) is 16.5. The molecule has 2 fully saturated rings. The quantitative estimate of drug-likeness (QED) is 0.0385. The number of pyridine rings is 1. The first-order valence-corrected chi connectivity index (χ1v) is 41.0. The number of carboxylic acid groups (broad SMARTS) is 1. The average Bonchev–Trinajstić information content (AvgIpc) is 0.768. The highest BCUT2D eigenvalue weighted by Gasteiger charge is 2.52. The van der Waals surface area contributed by atoms with Crippen molar-refractivity contribution < 1.29 is 118 Å². The van der Waals surface area contributed by atoms with Gasteiger partial charge in [-0.15, -0.1) is 0 Å². The summed E-state index contributed by atoms with van der Waals surface area (Å²) in [6, 6.07) is 19.4. The highest BCUT2D eigenvalue weighted by atomic mass is 35.5. The van der Waals surface area contributed by atoms with Gasteiger partial charge < -0.3 is 133 Å². The number of nitrogens with one attached hydrogen (secondary N) is 8. The molecule has 124 heavy (non-hydrogen) atoms. The van der Waals surface area contributed by atoms with E-state index in [0.29, 0.717) is 32.5 Å². The topological polar surface area (TPSA) is 533 Å². The number of rotatable bonds is 22. The maximum atomic E-state index is 16.3. The molecule has 15 rings (SSSR count). The van der Waals surface area contributed by atoms with E-state index >= 15 is 24.0 Å². The highest BCUT2D eigenvalue weighted by molar-refractivity contribution is 6.32. The Morgan fingerprint density at radius 3 is 1.99 bits per heavy atom. The molecule has 18 atom stereocenters. The SMILES string of the molecule is CCN(CCCCN[C@@]1(C)C[C@H](O[C@H]2[C@H](Oc3c4cc5cc3Oc3ccc(cc3Cl)[C@@H](O)[C@@H](NC(=O)[C@@H](CC(C)C)NC)C(=O)N[C@@H](CC(N)=O)C(=O)N[C@H]5C(=O)N[C@H]3C(=O)N[C@H](C(=O)N[C@H](C(=O)O)c5cc(O)cc(O)c5-c5cc3ccc5O)[C@H](O)c3ccc(c(Cl)c3)O4)O[C@H](CO)[C@@H](O)[C@@H]2O)O[C@@H](C)[C@H]1O)c1cc(-c2ccccc2)nc2ccccc12. The zero-order valence-electron chi connectivity index (χ0n) is 68.0.